The van der Waals surface area contributed by atoms with E-state index in [0.717, 1.165) is 50.1 Å². The van der Waals surface area contributed by atoms with Crippen LogP contribution in [0.5, 0.6) is 0 Å². The van der Waals surface area contributed by atoms with Gasteiger partial charge in [-0.15, -0.1) is 0 Å². The Kier molecular flexibility index (Phi) is 6.17. The number of nitrogens with zero attached hydrogens (tertiary/aromatic N) is 1. The zero-order chi connectivity index (χ0) is 30.5. The minimum atomic E-state index is 0.874. The monoisotopic (exact) mass is 587 g/mol. The molecule has 0 amide bonds. The van der Waals surface area contributed by atoms with Gasteiger partial charge in [0.2, 0.25) is 0 Å². The van der Waals surface area contributed by atoms with Gasteiger partial charge in [0.1, 0.15) is 11.2 Å². The van der Waals surface area contributed by atoms with E-state index in [4.69, 9.17) is 4.42 Å². The Labute approximate surface area is 267 Å². The largest absolute Gasteiger partial charge is 0.456 e. The van der Waals surface area contributed by atoms with E-state index in [1.807, 2.05) is 12.1 Å². The quantitative estimate of drug-likeness (QED) is 0.199. The van der Waals surface area contributed by atoms with Gasteiger partial charge in [0.15, 0.2) is 0 Å². The van der Waals surface area contributed by atoms with Crippen LogP contribution in [0.1, 0.15) is 0 Å². The van der Waals surface area contributed by atoms with E-state index in [1.165, 1.54) is 32.7 Å². The molecule has 1 heterocycles. The average molecular weight is 588 g/mol. The van der Waals surface area contributed by atoms with Crippen LogP contribution in [0.15, 0.2) is 180 Å². The molecule has 0 unspecified atom stereocenters. The number of benzene rings is 8. The van der Waals surface area contributed by atoms with Gasteiger partial charge in [0.05, 0.1) is 22.4 Å². The maximum absolute atomic E-state index is 6.39. The molecular weight excluding hydrogens is 558 g/mol. The molecule has 2 heteroatoms. The first kappa shape index (κ1) is 26.3. The molecule has 0 N–H and O–H groups in total. The fraction of sp³-hybridized carbons (Fsp3) is 0. The smallest absolute Gasteiger partial charge is 0.137 e. The Morgan fingerprint density at radius 2 is 0.870 bits per heavy atom. The molecule has 0 bridgehead atoms. The van der Waals surface area contributed by atoms with Crippen LogP contribution in [0.25, 0.3) is 65.7 Å². The minimum absolute atomic E-state index is 0.874. The van der Waals surface area contributed by atoms with Crippen molar-refractivity contribution in [2.75, 3.05) is 4.90 Å². The lowest BCUT2D eigenvalue weighted by Gasteiger charge is -2.29. The van der Waals surface area contributed by atoms with Gasteiger partial charge in [-0.2, -0.15) is 0 Å². The summed E-state index contributed by atoms with van der Waals surface area (Å²) in [5.41, 5.74) is 9.81. The fourth-order valence-corrected chi connectivity index (χ4v) is 6.98. The maximum Gasteiger partial charge on any atom is 0.137 e. The van der Waals surface area contributed by atoms with E-state index in [2.05, 4.69) is 169 Å². The molecular formula is C44H29NO. The number of fused-ring (bicyclic) bond motifs is 5. The van der Waals surface area contributed by atoms with Gasteiger partial charge in [0, 0.05) is 16.3 Å². The summed E-state index contributed by atoms with van der Waals surface area (Å²) in [7, 11) is 0. The second-order valence-corrected chi connectivity index (χ2v) is 11.7. The Bertz CT molecular complexity index is 2550. The second kappa shape index (κ2) is 10.8. The highest BCUT2D eigenvalue weighted by Crippen LogP contribution is 2.47. The van der Waals surface area contributed by atoms with Crippen molar-refractivity contribution in [1.29, 1.82) is 0 Å². The number of hydrogen-bond acceptors (Lipinski definition) is 2. The number of para-hydroxylation sites is 2. The first-order valence-corrected chi connectivity index (χ1v) is 15.7. The molecule has 0 atom stereocenters. The summed E-state index contributed by atoms with van der Waals surface area (Å²) in [5, 5.41) is 7.09. The van der Waals surface area contributed by atoms with Crippen molar-refractivity contribution in [3.8, 4) is 22.3 Å². The van der Waals surface area contributed by atoms with Gasteiger partial charge in [-0.25, -0.2) is 0 Å². The molecule has 0 spiro atoms. The molecule has 0 saturated carbocycles. The van der Waals surface area contributed by atoms with Crippen molar-refractivity contribution in [2.45, 2.75) is 0 Å². The highest BCUT2D eigenvalue weighted by Gasteiger charge is 2.23. The van der Waals surface area contributed by atoms with Gasteiger partial charge in [-0.05, 0) is 69.2 Å². The molecule has 0 aliphatic rings. The third kappa shape index (κ3) is 4.27. The molecule has 2 nitrogen and oxygen atoms in total. The maximum atomic E-state index is 6.39. The van der Waals surface area contributed by atoms with Crippen molar-refractivity contribution >= 4 is 60.5 Å². The van der Waals surface area contributed by atoms with Crippen molar-refractivity contribution in [3.05, 3.63) is 176 Å². The minimum Gasteiger partial charge on any atom is -0.456 e. The van der Waals surface area contributed by atoms with E-state index in [9.17, 15) is 0 Å². The van der Waals surface area contributed by atoms with Crippen LogP contribution in [0.2, 0.25) is 0 Å². The Hall–Kier alpha value is -6.12. The van der Waals surface area contributed by atoms with Crippen molar-refractivity contribution in [1.82, 2.24) is 0 Å². The molecule has 0 radical (unpaired) electrons. The molecule has 216 valence electrons. The molecule has 46 heavy (non-hydrogen) atoms. The zero-order valence-electron chi connectivity index (χ0n) is 25.1. The zero-order valence-corrected chi connectivity index (χ0v) is 25.1. The standard InChI is InChI=1S/C44H29NO/c1-3-19-34-30(13-1)15-10-23-35(34)32-17-9-18-33(29-32)37-21-5-7-24-39(37)45(40-25-11-16-31-14-2-4-20-36(31)40)41-26-12-28-43-44(41)38-22-6-8-27-42(38)46-43/h1-29H. The van der Waals surface area contributed by atoms with Crippen LogP contribution in [-0.4, -0.2) is 0 Å². The normalized spacial score (nSPS) is 11.5. The number of rotatable bonds is 5. The summed E-state index contributed by atoms with van der Waals surface area (Å²) in [6, 6.07) is 62.8. The average Bonchev–Trinajstić information content (AvgIpc) is 3.51. The third-order valence-electron chi connectivity index (χ3n) is 9.05. The molecule has 0 fully saturated rings. The molecule has 9 rings (SSSR count). The van der Waals surface area contributed by atoms with Crippen molar-refractivity contribution in [2.24, 2.45) is 0 Å². The lowest BCUT2D eigenvalue weighted by atomic mass is 9.94. The summed E-state index contributed by atoms with van der Waals surface area (Å²) in [4.78, 5) is 2.42. The Morgan fingerprint density at radius 1 is 0.348 bits per heavy atom. The number of hydrogen-bond donors (Lipinski definition) is 0. The summed E-state index contributed by atoms with van der Waals surface area (Å²) < 4.78 is 6.39. The topological polar surface area (TPSA) is 16.4 Å². The van der Waals surface area contributed by atoms with Crippen LogP contribution >= 0.6 is 0 Å². The predicted octanol–water partition coefficient (Wildman–Crippen LogP) is 12.7. The molecule has 8 aromatic carbocycles. The highest BCUT2D eigenvalue weighted by atomic mass is 16.3. The summed E-state index contributed by atoms with van der Waals surface area (Å²) in [6.45, 7) is 0. The fourth-order valence-electron chi connectivity index (χ4n) is 6.98. The van der Waals surface area contributed by atoms with Crippen LogP contribution < -0.4 is 4.90 Å². The van der Waals surface area contributed by atoms with E-state index in [-0.39, 0.29) is 0 Å². The van der Waals surface area contributed by atoms with Crippen LogP contribution in [0, 0.1) is 0 Å². The SMILES string of the molecule is c1cc(-c2ccccc2N(c2cccc3ccccc23)c2cccc3oc4ccccc4c23)cc(-c2cccc3ccccc23)c1. The lowest BCUT2D eigenvalue weighted by molar-refractivity contribution is 0.669. The first-order valence-electron chi connectivity index (χ1n) is 15.7. The van der Waals surface area contributed by atoms with Crippen molar-refractivity contribution in [3.63, 3.8) is 0 Å². The Balaban J connectivity index is 1.32. The summed E-state index contributed by atoms with van der Waals surface area (Å²) in [5.74, 6) is 0. The summed E-state index contributed by atoms with van der Waals surface area (Å²) >= 11 is 0. The van der Waals surface area contributed by atoms with Gasteiger partial charge in [-0.3, -0.25) is 0 Å². The molecule has 9 aromatic rings. The van der Waals surface area contributed by atoms with E-state index < -0.39 is 0 Å². The third-order valence-corrected chi connectivity index (χ3v) is 9.05. The second-order valence-electron chi connectivity index (χ2n) is 11.7. The molecule has 1 aromatic heterocycles. The van der Waals surface area contributed by atoms with Crippen LogP contribution in [-0.2, 0) is 0 Å². The predicted molar refractivity (Wildman–Crippen MR) is 194 cm³/mol. The highest BCUT2D eigenvalue weighted by molar-refractivity contribution is 6.15. The van der Waals surface area contributed by atoms with Crippen LogP contribution in [0.4, 0.5) is 17.1 Å². The first-order chi connectivity index (χ1) is 22.8. The van der Waals surface area contributed by atoms with Gasteiger partial charge < -0.3 is 9.32 Å². The van der Waals surface area contributed by atoms with Gasteiger partial charge in [-0.1, -0.05) is 140 Å². The Morgan fingerprint density at radius 3 is 1.74 bits per heavy atom. The lowest BCUT2D eigenvalue weighted by Crippen LogP contribution is -2.12. The molecule has 0 saturated heterocycles. The van der Waals surface area contributed by atoms with Crippen molar-refractivity contribution < 1.29 is 4.42 Å². The summed E-state index contributed by atoms with van der Waals surface area (Å²) in [6.07, 6.45) is 0. The van der Waals surface area contributed by atoms with Gasteiger partial charge >= 0.3 is 0 Å². The number of furan rings is 1. The molecule has 0 aliphatic heterocycles. The van der Waals surface area contributed by atoms with Gasteiger partial charge in [0.25, 0.3) is 0 Å². The van der Waals surface area contributed by atoms with Crippen LogP contribution in [0.3, 0.4) is 0 Å². The number of anilines is 3. The van der Waals surface area contributed by atoms with E-state index in [1.54, 1.807) is 0 Å². The van der Waals surface area contributed by atoms with E-state index in [0.29, 0.717) is 0 Å². The molecule has 0 aliphatic carbocycles. The van der Waals surface area contributed by atoms with E-state index >= 15 is 0 Å².